The smallest absolute Gasteiger partial charge is 0.225 e. The third kappa shape index (κ3) is 4.15. The molecule has 2 atom stereocenters. The molecule has 0 aromatic heterocycles. The van der Waals surface area contributed by atoms with E-state index in [9.17, 15) is 9.59 Å². The molecule has 0 spiro atoms. The summed E-state index contributed by atoms with van der Waals surface area (Å²) in [5.41, 5.74) is 2.32. The standard InChI is InChI=1S/C19H28N2O3/c1-13(2)19(23)21-11-16(15-8-6-5-7-14(15)3)17(12-21)18(22)20-9-10-24-4/h5-8,13,16-17H,9-12H2,1-4H3,(H,20,22)/t16-,17-/m1/s1. The Morgan fingerprint density at radius 1 is 1.29 bits per heavy atom. The van der Waals surface area contributed by atoms with Gasteiger partial charge in [-0.1, -0.05) is 38.1 Å². The summed E-state index contributed by atoms with van der Waals surface area (Å²) in [6, 6.07) is 8.12. The van der Waals surface area contributed by atoms with E-state index in [2.05, 4.69) is 24.4 Å². The molecule has 0 saturated carbocycles. The van der Waals surface area contributed by atoms with Crippen molar-refractivity contribution in [2.24, 2.45) is 11.8 Å². The Hall–Kier alpha value is -1.88. The van der Waals surface area contributed by atoms with Crippen molar-refractivity contribution in [3.05, 3.63) is 35.4 Å². The van der Waals surface area contributed by atoms with Crippen molar-refractivity contribution in [2.75, 3.05) is 33.4 Å². The molecule has 0 aliphatic carbocycles. The number of rotatable bonds is 6. The Bertz CT molecular complexity index is 586. The molecule has 0 unspecified atom stereocenters. The fourth-order valence-corrected chi connectivity index (χ4v) is 3.34. The van der Waals surface area contributed by atoms with Gasteiger partial charge in [-0.05, 0) is 18.1 Å². The number of amides is 2. The maximum Gasteiger partial charge on any atom is 0.225 e. The molecule has 5 heteroatoms. The van der Waals surface area contributed by atoms with Gasteiger partial charge in [0.2, 0.25) is 11.8 Å². The maximum absolute atomic E-state index is 12.6. The van der Waals surface area contributed by atoms with Crippen LogP contribution in [0, 0.1) is 18.8 Å². The van der Waals surface area contributed by atoms with Crippen LogP contribution < -0.4 is 5.32 Å². The summed E-state index contributed by atoms with van der Waals surface area (Å²) in [4.78, 5) is 26.9. The van der Waals surface area contributed by atoms with E-state index in [1.54, 1.807) is 7.11 Å². The van der Waals surface area contributed by atoms with Gasteiger partial charge in [0.05, 0.1) is 12.5 Å². The molecule has 1 heterocycles. The van der Waals surface area contributed by atoms with Gasteiger partial charge in [0.1, 0.15) is 0 Å². The molecule has 1 aliphatic heterocycles. The summed E-state index contributed by atoms with van der Waals surface area (Å²) in [6.07, 6.45) is 0. The minimum absolute atomic E-state index is 0.000593. The van der Waals surface area contributed by atoms with E-state index in [0.717, 1.165) is 11.1 Å². The Morgan fingerprint density at radius 2 is 2.00 bits per heavy atom. The lowest BCUT2D eigenvalue weighted by molar-refractivity contribution is -0.133. The number of aryl methyl sites for hydroxylation is 1. The average Bonchev–Trinajstić information content (AvgIpc) is 2.99. The predicted molar refractivity (Wildman–Crippen MR) is 93.7 cm³/mol. The normalized spacial score (nSPS) is 20.5. The van der Waals surface area contributed by atoms with Gasteiger partial charge in [0.25, 0.3) is 0 Å². The van der Waals surface area contributed by atoms with Gasteiger partial charge in [0.15, 0.2) is 0 Å². The van der Waals surface area contributed by atoms with Gasteiger partial charge in [-0.15, -0.1) is 0 Å². The number of likely N-dealkylation sites (tertiary alicyclic amines) is 1. The second-order valence-corrected chi connectivity index (χ2v) is 6.75. The number of ether oxygens (including phenoxy) is 1. The Balaban J connectivity index is 2.21. The lowest BCUT2D eigenvalue weighted by atomic mass is 9.86. The van der Waals surface area contributed by atoms with Crippen LogP contribution in [0.25, 0.3) is 0 Å². The number of nitrogens with one attached hydrogen (secondary N) is 1. The zero-order valence-electron chi connectivity index (χ0n) is 15.0. The SMILES string of the molecule is COCCNC(=O)[C@@H]1CN(C(=O)C(C)C)C[C@@H]1c1ccccc1C. The highest BCUT2D eigenvalue weighted by Gasteiger charge is 2.41. The first-order chi connectivity index (χ1) is 11.5. The molecular formula is C19H28N2O3. The number of carbonyl (C=O) groups is 2. The Kier molecular flexibility index (Phi) is 6.37. The van der Waals surface area contributed by atoms with Gasteiger partial charge < -0.3 is 15.0 Å². The molecule has 1 aromatic rings. The maximum atomic E-state index is 12.6. The van der Waals surface area contributed by atoms with Gasteiger partial charge in [-0.2, -0.15) is 0 Å². The molecule has 5 nitrogen and oxygen atoms in total. The number of benzene rings is 1. The van der Waals surface area contributed by atoms with Crippen molar-refractivity contribution < 1.29 is 14.3 Å². The van der Waals surface area contributed by atoms with E-state index >= 15 is 0 Å². The third-order valence-corrected chi connectivity index (χ3v) is 4.66. The van der Waals surface area contributed by atoms with Crippen molar-refractivity contribution in [2.45, 2.75) is 26.7 Å². The first kappa shape index (κ1) is 18.5. The van der Waals surface area contributed by atoms with E-state index in [1.807, 2.05) is 30.9 Å². The van der Waals surface area contributed by atoms with Crippen LogP contribution in [0.15, 0.2) is 24.3 Å². The van der Waals surface area contributed by atoms with Crippen LogP contribution in [0.4, 0.5) is 0 Å². The van der Waals surface area contributed by atoms with Crippen LogP contribution in [-0.4, -0.2) is 50.1 Å². The quantitative estimate of drug-likeness (QED) is 0.810. The highest BCUT2D eigenvalue weighted by molar-refractivity contribution is 5.84. The molecule has 24 heavy (non-hydrogen) atoms. The van der Waals surface area contributed by atoms with Gasteiger partial charge >= 0.3 is 0 Å². The summed E-state index contributed by atoms with van der Waals surface area (Å²) < 4.78 is 5.00. The fourth-order valence-electron chi connectivity index (χ4n) is 3.34. The summed E-state index contributed by atoms with van der Waals surface area (Å²) in [5.74, 6) is -0.125. The first-order valence-electron chi connectivity index (χ1n) is 8.56. The molecule has 0 radical (unpaired) electrons. The lowest BCUT2D eigenvalue weighted by Gasteiger charge is -2.20. The zero-order valence-corrected chi connectivity index (χ0v) is 15.0. The number of carbonyl (C=O) groups excluding carboxylic acids is 2. The molecule has 2 rings (SSSR count). The minimum atomic E-state index is -0.217. The fraction of sp³-hybridized carbons (Fsp3) is 0.579. The second-order valence-electron chi connectivity index (χ2n) is 6.75. The van der Waals surface area contributed by atoms with Crippen LogP contribution in [0.1, 0.15) is 30.9 Å². The van der Waals surface area contributed by atoms with Gasteiger partial charge in [0, 0.05) is 38.6 Å². The van der Waals surface area contributed by atoms with Crippen LogP contribution in [0.5, 0.6) is 0 Å². The number of methoxy groups -OCH3 is 1. The highest BCUT2D eigenvalue weighted by atomic mass is 16.5. The molecule has 1 aliphatic rings. The summed E-state index contributed by atoms with van der Waals surface area (Å²) >= 11 is 0. The van der Waals surface area contributed by atoms with Crippen molar-refractivity contribution >= 4 is 11.8 Å². The first-order valence-corrected chi connectivity index (χ1v) is 8.56. The van der Waals surface area contributed by atoms with Crippen molar-refractivity contribution in [1.82, 2.24) is 10.2 Å². The summed E-state index contributed by atoms with van der Waals surface area (Å²) in [5, 5.41) is 2.93. The highest BCUT2D eigenvalue weighted by Crippen LogP contribution is 2.35. The van der Waals surface area contributed by atoms with E-state index in [-0.39, 0.29) is 29.6 Å². The molecule has 0 bridgehead atoms. The third-order valence-electron chi connectivity index (χ3n) is 4.66. The topological polar surface area (TPSA) is 58.6 Å². The summed E-state index contributed by atoms with van der Waals surface area (Å²) in [7, 11) is 1.61. The van der Waals surface area contributed by atoms with E-state index in [1.165, 1.54) is 0 Å². The second kappa shape index (κ2) is 8.29. The molecule has 1 saturated heterocycles. The number of nitrogens with zero attached hydrogens (tertiary/aromatic N) is 1. The lowest BCUT2D eigenvalue weighted by Crippen LogP contribution is -2.37. The van der Waals surface area contributed by atoms with Gasteiger partial charge in [-0.25, -0.2) is 0 Å². The molecule has 1 N–H and O–H groups in total. The summed E-state index contributed by atoms with van der Waals surface area (Å²) in [6.45, 7) is 7.92. The van der Waals surface area contributed by atoms with Crippen LogP contribution in [-0.2, 0) is 14.3 Å². The minimum Gasteiger partial charge on any atom is -0.383 e. The van der Waals surface area contributed by atoms with E-state index in [0.29, 0.717) is 26.2 Å². The number of hydrogen-bond donors (Lipinski definition) is 1. The molecule has 1 fully saturated rings. The molecular weight excluding hydrogens is 304 g/mol. The molecule has 2 amide bonds. The molecule has 1 aromatic carbocycles. The van der Waals surface area contributed by atoms with Crippen LogP contribution in [0.2, 0.25) is 0 Å². The Morgan fingerprint density at radius 3 is 2.62 bits per heavy atom. The monoisotopic (exact) mass is 332 g/mol. The van der Waals surface area contributed by atoms with Crippen molar-refractivity contribution in [3.8, 4) is 0 Å². The number of hydrogen-bond acceptors (Lipinski definition) is 3. The zero-order chi connectivity index (χ0) is 17.7. The van der Waals surface area contributed by atoms with Crippen LogP contribution in [0.3, 0.4) is 0 Å². The Labute approximate surface area is 144 Å². The van der Waals surface area contributed by atoms with Crippen LogP contribution >= 0.6 is 0 Å². The predicted octanol–water partition coefficient (Wildman–Crippen LogP) is 1.96. The van der Waals surface area contributed by atoms with Crippen molar-refractivity contribution in [3.63, 3.8) is 0 Å². The van der Waals surface area contributed by atoms with E-state index < -0.39 is 0 Å². The largest absolute Gasteiger partial charge is 0.383 e. The van der Waals surface area contributed by atoms with Crippen molar-refractivity contribution in [1.29, 1.82) is 0 Å². The molecule has 132 valence electrons. The van der Waals surface area contributed by atoms with E-state index in [4.69, 9.17) is 4.74 Å². The average molecular weight is 332 g/mol. The van der Waals surface area contributed by atoms with Gasteiger partial charge in [-0.3, -0.25) is 9.59 Å².